The topological polar surface area (TPSA) is 75.7 Å². The summed E-state index contributed by atoms with van der Waals surface area (Å²) in [5, 5.41) is 0. The van der Waals surface area contributed by atoms with Crippen molar-refractivity contribution in [3.05, 3.63) is 70.2 Å². The van der Waals surface area contributed by atoms with Crippen LogP contribution in [-0.4, -0.2) is 37.8 Å². The molecule has 0 radical (unpaired) electrons. The monoisotopic (exact) mass is 508 g/mol. The maximum absolute atomic E-state index is 13.2. The Labute approximate surface area is 193 Å². The zero-order valence-corrected chi connectivity index (χ0v) is 20.7. The molecule has 3 rings (SSSR count). The lowest BCUT2D eigenvalue weighted by molar-refractivity contribution is -0.0750. The first kappa shape index (κ1) is 23.8. The van der Waals surface area contributed by atoms with Crippen LogP contribution in [0.1, 0.15) is 50.8 Å². The van der Waals surface area contributed by atoms with E-state index in [-0.39, 0.29) is 6.04 Å². The van der Waals surface area contributed by atoms with Crippen LogP contribution < -0.4 is 4.72 Å². The van der Waals surface area contributed by atoms with E-state index < -0.39 is 27.3 Å². The van der Waals surface area contributed by atoms with Crippen LogP contribution in [0.5, 0.6) is 0 Å². The van der Waals surface area contributed by atoms with Crippen molar-refractivity contribution in [2.45, 2.75) is 50.8 Å². The van der Waals surface area contributed by atoms with Crippen LogP contribution in [0.25, 0.3) is 0 Å². The summed E-state index contributed by atoms with van der Waals surface area (Å²) >= 11 is 3.44. The average Bonchev–Trinajstić information content (AvgIpc) is 2.66. The van der Waals surface area contributed by atoms with Gasteiger partial charge in [-0.25, -0.2) is 17.9 Å². The second kappa shape index (κ2) is 8.92. The van der Waals surface area contributed by atoms with Gasteiger partial charge in [-0.3, -0.25) is 0 Å². The number of amides is 1. The van der Waals surface area contributed by atoms with Crippen LogP contribution in [0.3, 0.4) is 0 Å². The third-order valence-corrected chi connectivity index (χ3v) is 7.03. The molecule has 1 heterocycles. The number of rotatable bonds is 7. The predicted octanol–water partition coefficient (Wildman–Crippen LogP) is 4.97. The highest BCUT2D eigenvalue weighted by Gasteiger charge is 2.47. The number of sulfonamides is 1. The van der Waals surface area contributed by atoms with Crippen molar-refractivity contribution in [3.63, 3.8) is 0 Å². The molecule has 1 aliphatic rings. The lowest BCUT2D eigenvalue weighted by Gasteiger charge is -2.46. The average molecular weight is 509 g/mol. The Balaban J connectivity index is 1.89. The van der Waals surface area contributed by atoms with Gasteiger partial charge in [0.1, 0.15) is 5.60 Å². The van der Waals surface area contributed by atoms with E-state index >= 15 is 0 Å². The zero-order valence-electron chi connectivity index (χ0n) is 18.3. The molecule has 6 nitrogen and oxygen atoms in total. The number of hydrogen-bond donors (Lipinski definition) is 1. The number of ether oxygens (including phenoxy) is 1. The van der Waals surface area contributed by atoms with Gasteiger partial charge in [-0.05, 0) is 44.0 Å². The van der Waals surface area contributed by atoms with E-state index in [0.717, 1.165) is 21.9 Å². The molecule has 2 aromatic rings. The zero-order chi connectivity index (χ0) is 22.9. The van der Waals surface area contributed by atoms with E-state index in [1.165, 1.54) is 0 Å². The number of nitrogens with one attached hydrogen (secondary N) is 1. The quantitative estimate of drug-likeness (QED) is 0.572. The molecule has 0 saturated carbocycles. The number of carbonyl (C=O) groups is 1. The fourth-order valence-corrected chi connectivity index (χ4v) is 5.71. The molecule has 0 bridgehead atoms. The molecule has 1 saturated heterocycles. The van der Waals surface area contributed by atoms with Crippen LogP contribution in [0.4, 0.5) is 4.79 Å². The minimum atomic E-state index is -3.42. The molecule has 2 atom stereocenters. The van der Waals surface area contributed by atoms with Crippen molar-refractivity contribution in [1.82, 2.24) is 9.62 Å². The Hall–Kier alpha value is -1.90. The summed E-state index contributed by atoms with van der Waals surface area (Å²) in [6.07, 6.45) is 1.61. The van der Waals surface area contributed by atoms with E-state index in [1.807, 2.05) is 75.4 Å². The molecule has 0 aromatic heterocycles. The van der Waals surface area contributed by atoms with Crippen LogP contribution in [0.2, 0.25) is 0 Å². The first-order chi connectivity index (χ1) is 14.4. The summed E-state index contributed by atoms with van der Waals surface area (Å²) in [6.45, 7) is 6.10. The summed E-state index contributed by atoms with van der Waals surface area (Å²) in [6, 6.07) is 17.3. The number of benzene rings is 2. The van der Waals surface area contributed by atoms with E-state index in [2.05, 4.69) is 20.7 Å². The number of nitrogens with zero attached hydrogens (tertiary/aromatic N) is 1. The lowest BCUT2D eigenvalue weighted by Crippen LogP contribution is -2.54. The highest BCUT2D eigenvalue weighted by atomic mass is 79.9. The highest BCUT2D eigenvalue weighted by Crippen LogP contribution is 2.42. The van der Waals surface area contributed by atoms with Gasteiger partial charge in [0.25, 0.3) is 0 Å². The van der Waals surface area contributed by atoms with Crippen molar-refractivity contribution in [1.29, 1.82) is 0 Å². The van der Waals surface area contributed by atoms with Gasteiger partial charge in [-0.15, -0.1) is 0 Å². The fraction of sp³-hybridized carbons (Fsp3) is 0.435. The number of cyclic esters (lactones) is 1. The van der Waals surface area contributed by atoms with Gasteiger partial charge in [0, 0.05) is 29.4 Å². The summed E-state index contributed by atoms with van der Waals surface area (Å²) in [5.74, 6) is 0. The van der Waals surface area contributed by atoms with Gasteiger partial charge in [0.2, 0.25) is 10.0 Å². The van der Waals surface area contributed by atoms with E-state index in [9.17, 15) is 13.2 Å². The molecule has 2 aromatic carbocycles. The maximum atomic E-state index is 13.2. The third kappa shape index (κ3) is 5.87. The smallest absolute Gasteiger partial charge is 0.411 e. The molecule has 0 aliphatic carbocycles. The molecular weight excluding hydrogens is 480 g/mol. The van der Waals surface area contributed by atoms with E-state index in [4.69, 9.17) is 4.74 Å². The second-order valence-corrected chi connectivity index (χ2v) is 11.5. The summed E-state index contributed by atoms with van der Waals surface area (Å²) in [7, 11) is -3.42. The van der Waals surface area contributed by atoms with Gasteiger partial charge in [-0.1, -0.05) is 58.4 Å². The molecule has 8 heteroatoms. The normalized spacial score (nSPS) is 20.9. The van der Waals surface area contributed by atoms with Crippen LogP contribution in [-0.2, 0) is 20.4 Å². The van der Waals surface area contributed by atoms with Crippen molar-refractivity contribution in [3.8, 4) is 0 Å². The first-order valence-electron chi connectivity index (χ1n) is 10.2. The molecule has 1 amide bonds. The van der Waals surface area contributed by atoms with E-state index in [0.29, 0.717) is 19.4 Å². The Morgan fingerprint density at radius 3 is 2.32 bits per heavy atom. The minimum Gasteiger partial charge on any atom is -0.438 e. The molecule has 2 unspecified atom stereocenters. The van der Waals surface area contributed by atoms with Gasteiger partial charge in [-0.2, -0.15) is 0 Å². The highest BCUT2D eigenvalue weighted by molar-refractivity contribution is 9.10. The third-order valence-electron chi connectivity index (χ3n) is 5.58. The fourth-order valence-electron chi connectivity index (χ4n) is 4.37. The Morgan fingerprint density at radius 2 is 1.77 bits per heavy atom. The molecule has 1 fully saturated rings. The Kier molecular flexibility index (Phi) is 6.84. The second-order valence-electron chi connectivity index (χ2n) is 8.83. The molecule has 1 N–H and O–H groups in total. The standard InChI is InChI=1S/C23H29BrN2O4S/c1-17(18-10-12-20(24)13-11-18)26-15-14-23(30-21(26)27,19-8-6-5-7-9-19)16-22(2,3)25-31(4,28)29/h5-13,17,25H,14-16H2,1-4H3. The van der Waals surface area contributed by atoms with Crippen molar-refractivity contribution in [2.24, 2.45) is 0 Å². The molecular formula is C23H29BrN2O4S. The van der Waals surface area contributed by atoms with Gasteiger partial charge in [0.05, 0.1) is 12.3 Å². The van der Waals surface area contributed by atoms with Crippen molar-refractivity contribution < 1.29 is 17.9 Å². The van der Waals surface area contributed by atoms with Gasteiger partial charge >= 0.3 is 6.09 Å². The SMILES string of the molecule is CC(c1ccc(Br)cc1)N1CCC(CC(C)(C)NS(C)(=O)=O)(c2ccccc2)OC1=O. The Morgan fingerprint density at radius 1 is 1.16 bits per heavy atom. The lowest BCUT2D eigenvalue weighted by atomic mass is 9.79. The minimum absolute atomic E-state index is 0.142. The molecule has 0 spiro atoms. The van der Waals surface area contributed by atoms with Gasteiger partial charge in [0.15, 0.2) is 0 Å². The van der Waals surface area contributed by atoms with E-state index in [1.54, 1.807) is 4.90 Å². The van der Waals surface area contributed by atoms with Crippen molar-refractivity contribution >= 4 is 32.0 Å². The molecule has 31 heavy (non-hydrogen) atoms. The van der Waals surface area contributed by atoms with Crippen LogP contribution in [0, 0.1) is 0 Å². The number of carbonyl (C=O) groups excluding carboxylic acids is 1. The number of halogens is 1. The largest absolute Gasteiger partial charge is 0.438 e. The predicted molar refractivity (Wildman–Crippen MR) is 125 cm³/mol. The maximum Gasteiger partial charge on any atom is 0.411 e. The van der Waals surface area contributed by atoms with Gasteiger partial charge < -0.3 is 9.64 Å². The first-order valence-corrected chi connectivity index (χ1v) is 12.9. The summed E-state index contributed by atoms with van der Waals surface area (Å²) < 4.78 is 33.6. The summed E-state index contributed by atoms with van der Waals surface area (Å²) in [4.78, 5) is 14.9. The number of hydrogen-bond acceptors (Lipinski definition) is 4. The van der Waals surface area contributed by atoms with Crippen LogP contribution >= 0.6 is 15.9 Å². The van der Waals surface area contributed by atoms with Crippen LogP contribution in [0.15, 0.2) is 59.1 Å². The summed E-state index contributed by atoms with van der Waals surface area (Å²) in [5.41, 5.74) is 0.160. The Bertz CT molecular complexity index is 1030. The molecule has 1 aliphatic heterocycles. The molecule has 168 valence electrons. The van der Waals surface area contributed by atoms with Crippen molar-refractivity contribution in [2.75, 3.05) is 12.8 Å².